The summed E-state index contributed by atoms with van der Waals surface area (Å²) >= 11 is 5.57. The number of hydrogen-bond donors (Lipinski definition) is 3. The maximum atomic E-state index is 10.7. The topological polar surface area (TPSA) is 96.2 Å². The Morgan fingerprint density at radius 2 is 2.23 bits per heavy atom. The van der Waals surface area contributed by atoms with Crippen LogP contribution in [0.5, 0.6) is 0 Å². The van der Waals surface area contributed by atoms with E-state index in [0.29, 0.717) is 0 Å². The van der Waals surface area contributed by atoms with Crippen LogP contribution < -0.4 is 11.3 Å². The zero-order chi connectivity index (χ0) is 10.0. The lowest BCUT2D eigenvalue weighted by Crippen LogP contribution is -2.22. The van der Waals surface area contributed by atoms with Crippen molar-refractivity contribution >= 4 is 17.6 Å². The van der Waals surface area contributed by atoms with Crippen molar-refractivity contribution in [2.24, 2.45) is 5.73 Å². The summed E-state index contributed by atoms with van der Waals surface area (Å²) in [7, 11) is 0. The van der Waals surface area contributed by atoms with Crippen molar-refractivity contribution in [1.29, 1.82) is 0 Å². The molecule has 13 heavy (non-hydrogen) atoms. The summed E-state index contributed by atoms with van der Waals surface area (Å²) in [6.45, 7) is 0. The average molecular weight is 203 g/mol. The Bertz CT molecular complexity index is 388. The standard InChI is InChI=1S/C7H7ClN2O3/c8-6-3(5(9)7(12)13)1-2-4(11)10-6/h1-2,5H,9H2,(H,10,11)(H,12,13)/t5-/m0/s1. The number of aromatic amines is 1. The van der Waals surface area contributed by atoms with E-state index in [1.54, 1.807) is 0 Å². The molecule has 1 aromatic heterocycles. The molecule has 1 heterocycles. The Morgan fingerprint density at radius 1 is 1.62 bits per heavy atom. The molecule has 0 unspecified atom stereocenters. The first kappa shape index (κ1) is 9.76. The zero-order valence-electron chi connectivity index (χ0n) is 6.45. The van der Waals surface area contributed by atoms with Crippen molar-refractivity contribution in [3.05, 3.63) is 33.2 Å². The van der Waals surface area contributed by atoms with Gasteiger partial charge < -0.3 is 15.8 Å². The molecular formula is C7H7ClN2O3. The maximum absolute atomic E-state index is 10.7. The highest BCUT2D eigenvalue weighted by molar-refractivity contribution is 6.30. The van der Waals surface area contributed by atoms with Crippen molar-refractivity contribution in [3.63, 3.8) is 0 Å². The number of nitrogens with one attached hydrogen (secondary N) is 1. The number of aliphatic carboxylic acids is 1. The minimum absolute atomic E-state index is 0.0394. The zero-order valence-corrected chi connectivity index (χ0v) is 7.21. The number of pyridine rings is 1. The molecule has 0 bridgehead atoms. The first-order chi connectivity index (χ1) is 6.02. The molecule has 0 spiro atoms. The third-order valence-electron chi connectivity index (χ3n) is 1.50. The van der Waals surface area contributed by atoms with Gasteiger partial charge in [0.15, 0.2) is 0 Å². The lowest BCUT2D eigenvalue weighted by Gasteiger charge is -2.07. The van der Waals surface area contributed by atoms with E-state index in [2.05, 4.69) is 4.98 Å². The summed E-state index contributed by atoms with van der Waals surface area (Å²) in [5.41, 5.74) is 5.07. The lowest BCUT2D eigenvalue weighted by atomic mass is 10.1. The van der Waals surface area contributed by atoms with Crippen LogP contribution in [0, 0.1) is 0 Å². The second-order valence-corrected chi connectivity index (χ2v) is 2.79. The first-order valence-electron chi connectivity index (χ1n) is 3.39. The minimum Gasteiger partial charge on any atom is -0.480 e. The lowest BCUT2D eigenvalue weighted by molar-refractivity contribution is -0.138. The van der Waals surface area contributed by atoms with Gasteiger partial charge in [-0.05, 0) is 6.07 Å². The molecule has 0 aliphatic carbocycles. The van der Waals surface area contributed by atoms with Crippen LogP contribution in [-0.2, 0) is 4.79 Å². The molecular weight excluding hydrogens is 196 g/mol. The predicted molar refractivity (Wildman–Crippen MR) is 46.6 cm³/mol. The first-order valence-corrected chi connectivity index (χ1v) is 3.77. The highest BCUT2D eigenvalue weighted by Gasteiger charge is 2.17. The fraction of sp³-hybridized carbons (Fsp3) is 0.143. The van der Waals surface area contributed by atoms with Crippen molar-refractivity contribution in [1.82, 2.24) is 4.98 Å². The molecule has 1 atom stereocenters. The van der Waals surface area contributed by atoms with Gasteiger partial charge in [0.2, 0.25) is 5.56 Å². The fourth-order valence-electron chi connectivity index (χ4n) is 0.834. The Hall–Kier alpha value is -1.33. The Kier molecular flexibility index (Phi) is 2.69. The number of hydrogen-bond acceptors (Lipinski definition) is 3. The summed E-state index contributed by atoms with van der Waals surface area (Å²) in [5.74, 6) is -1.20. The Labute approximate surface area is 78.1 Å². The van der Waals surface area contributed by atoms with Crippen molar-refractivity contribution in [3.8, 4) is 0 Å². The predicted octanol–water partition coefficient (Wildman–Crippen LogP) is 0.113. The van der Waals surface area contributed by atoms with Gasteiger partial charge in [0.05, 0.1) is 0 Å². The molecule has 0 radical (unpaired) electrons. The van der Waals surface area contributed by atoms with Gasteiger partial charge >= 0.3 is 5.97 Å². The highest BCUT2D eigenvalue weighted by Crippen LogP contribution is 2.16. The number of carbonyl (C=O) groups is 1. The monoisotopic (exact) mass is 202 g/mol. The van der Waals surface area contributed by atoms with E-state index in [1.807, 2.05) is 0 Å². The molecule has 0 saturated carbocycles. The van der Waals surface area contributed by atoms with Crippen molar-refractivity contribution in [2.45, 2.75) is 6.04 Å². The molecule has 0 amide bonds. The average Bonchev–Trinajstić information content (AvgIpc) is 2.03. The van der Waals surface area contributed by atoms with Gasteiger partial charge in [0, 0.05) is 11.6 Å². The number of carboxylic acid groups (broad SMARTS) is 1. The molecule has 6 heteroatoms. The quantitative estimate of drug-likeness (QED) is 0.593. The SMILES string of the molecule is N[C@H](C(=O)O)c1ccc(=O)[nH]c1Cl. The molecule has 5 nitrogen and oxygen atoms in total. The van der Waals surface area contributed by atoms with Gasteiger partial charge in [-0.2, -0.15) is 0 Å². The smallest absolute Gasteiger partial charge is 0.325 e. The molecule has 70 valence electrons. The van der Waals surface area contributed by atoms with E-state index in [4.69, 9.17) is 22.4 Å². The van der Waals surface area contributed by atoms with Gasteiger partial charge in [0.1, 0.15) is 11.2 Å². The van der Waals surface area contributed by atoms with Crippen LogP contribution in [0.4, 0.5) is 0 Å². The van der Waals surface area contributed by atoms with Crippen LogP contribution in [0.2, 0.25) is 5.15 Å². The number of rotatable bonds is 2. The van der Waals surface area contributed by atoms with Crippen LogP contribution in [0.25, 0.3) is 0 Å². The van der Waals surface area contributed by atoms with Crippen LogP contribution >= 0.6 is 11.6 Å². The van der Waals surface area contributed by atoms with E-state index in [9.17, 15) is 9.59 Å². The van der Waals surface area contributed by atoms with Crippen LogP contribution in [0.15, 0.2) is 16.9 Å². The van der Waals surface area contributed by atoms with Crippen molar-refractivity contribution < 1.29 is 9.90 Å². The van der Waals surface area contributed by atoms with Crippen LogP contribution in [0.1, 0.15) is 11.6 Å². The Morgan fingerprint density at radius 3 is 2.69 bits per heavy atom. The molecule has 1 rings (SSSR count). The molecule has 0 fully saturated rings. The Balaban J connectivity index is 3.16. The molecule has 0 aliphatic rings. The highest BCUT2D eigenvalue weighted by atomic mass is 35.5. The van der Waals surface area contributed by atoms with Crippen LogP contribution in [0.3, 0.4) is 0 Å². The summed E-state index contributed by atoms with van der Waals surface area (Å²) in [4.78, 5) is 23.4. The maximum Gasteiger partial charge on any atom is 0.325 e. The summed E-state index contributed by atoms with van der Waals surface area (Å²) < 4.78 is 0. The second kappa shape index (κ2) is 3.59. The van der Waals surface area contributed by atoms with E-state index < -0.39 is 17.6 Å². The van der Waals surface area contributed by atoms with Crippen LogP contribution in [-0.4, -0.2) is 16.1 Å². The molecule has 0 aliphatic heterocycles. The van der Waals surface area contributed by atoms with Gasteiger partial charge in [-0.25, -0.2) is 0 Å². The van der Waals surface area contributed by atoms with Gasteiger partial charge in [-0.15, -0.1) is 0 Å². The van der Waals surface area contributed by atoms with E-state index in [-0.39, 0.29) is 10.7 Å². The van der Waals surface area contributed by atoms with Gasteiger partial charge in [-0.1, -0.05) is 11.6 Å². The molecule has 0 saturated heterocycles. The fourth-order valence-corrected chi connectivity index (χ4v) is 1.11. The number of nitrogens with two attached hydrogens (primary N) is 1. The second-order valence-electron chi connectivity index (χ2n) is 2.41. The number of carboxylic acids is 1. The van der Waals surface area contributed by atoms with E-state index in [0.717, 1.165) is 0 Å². The third-order valence-corrected chi connectivity index (χ3v) is 1.81. The molecule has 4 N–H and O–H groups in total. The number of H-pyrrole nitrogens is 1. The number of aromatic nitrogens is 1. The minimum atomic E-state index is -1.22. The summed E-state index contributed by atoms with van der Waals surface area (Å²) in [5, 5.41) is 8.51. The summed E-state index contributed by atoms with van der Waals surface area (Å²) in [6.07, 6.45) is 0. The largest absolute Gasteiger partial charge is 0.480 e. The molecule has 0 aromatic carbocycles. The van der Waals surface area contributed by atoms with E-state index in [1.165, 1.54) is 12.1 Å². The van der Waals surface area contributed by atoms with Gasteiger partial charge in [-0.3, -0.25) is 9.59 Å². The van der Waals surface area contributed by atoms with Gasteiger partial charge in [0.25, 0.3) is 0 Å². The van der Waals surface area contributed by atoms with Crippen molar-refractivity contribution in [2.75, 3.05) is 0 Å². The molecule has 1 aromatic rings. The van der Waals surface area contributed by atoms with E-state index >= 15 is 0 Å². The summed E-state index contributed by atoms with van der Waals surface area (Å²) in [6, 6.07) is 1.24. The number of halogens is 1. The third kappa shape index (κ3) is 2.07. The normalized spacial score (nSPS) is 12.5.